The van der Waals surface area contributed by atoms with Gasteiger partial charge in [0.25, 0.3) is 6.29 Å². The third-order valence-electron chi connectivity index (χ3n) is 0.933. The van der Waals surface area contributed by atoms with Gasteiger partial charge in [-0.3, -0.25) is 4.79 Å². The predicted molar refractivity (Wildman–Crippen MR) is 43.6 cm³/mol. The Kier molecular flexibility index (Phi) is 2.70. The SMILES string of the molecule is CO/N=C(\[C]=O)c1nsc(N)n1. The molecule has 0 bridgehead atoms. The zero-order valence-corrected chi connectivity index (χ0v) is 6.96. The molecule has 6 nitrogen and oxygen atoms in total. The average molecular weight is 185 g/mol. The molecule has 0 aromatic carbocycles. The van der Waals surface area contributed by atoms with Crippen molar-refractivity contribution in [1.29, 1.82) is 0 Å². The maximum absolute atomic E-state index is 10.3. The lowest BCUT2D eigenvalue weighted by Crippen LogP contribution is -2.05. The van der Waals surface area contributed by atoms with Crippen LogP contribution < -0.4 is 5.73 Å². The van der Waals surface area contributed by atoms with Crippen LogP contribution in [0.1, 0.15) is 5.82 Å². The lowest BCUT2D eigenvalue weighted by molar-refractivity contribution is 0.214. The Labute approximate surface area is 72.2 Å². The van der Waals surface area contributed by atoms with E-state index in [2.05, 4.69) is 19.4 Å². The van der Waals surface area contributed by atoms with Crippen molar-refractivity contribution in [3.63, 3.8) is 0 Å². The topological polar surface area (TPSA) is 90.5 Å². The fourth-order valence-corrected chi connectivity index (χ4v) is 0.962. The molecular weight excluding hydrogens is 180 g/mol. The highest BCUT2D eigenvalue weighted by Gasteiger charge is 2.09. The summed E-state index contributed by atoms with van der Waals surface area (Å²) in [7, 11) is 1.31. The summed E-state index contributed by atoms with van der Waals surface area (Å²) < 4.78 is 3.74. The molecule has 0 spiro atoms. The standard InChI is InChI=1S/C5H5N4O2S/c1-11-8-3(2-10)4-7-5(6)12-9-4/h1H3,(H2,6,7,9)/b8-3+. The van der Waals surface area contributed by atoms with E-state index in [1.54, 1.807) is 0 Å². The Morgan fingerprint density at radius 3 is 3.00 bits per heavy atom. The smallest absolute Gasteiger partial charge is 0.261 e. The van der Waals surface area contributed by atoms with Crippen molar-refractivity contribution in [2.24, 2.45) is 5.16 Å². The maximum atomic E-state index is 10.3. The van der Waals surface area contributed by atoms with Crippen molar-refractivity contribution >= 4 is 28.7 Å². The summed E-state index contributed by atoms with van der Waals surface area (Å²) in [5.41, 5.74) is 5.19. The molecule has 0 aliphatic carbocycles. The van der Waals surface area contributed by atoms with Gasteiger partial charge in [-0.15, -0.1) is 0 Å². The van der Waals surface area contributed by atoms with E-state index in [1.165, 1.54) is 13.4 Å². The highest BCUT2D eigenvalue weighted by atomic mass is 32.1. The largest absolute Gasteiger partial charge is 0.398 e. The highest BCUT2D eigenvalue weighted by molar-refractivity contribution is 7.09. The minimum absolute atomic E-state index is 0.0922. The first-order chi connectivity index (χ1) is 5.77. The van der Waals surface area contributed by atoms with Crippen LogP contribution in [-0.4, -0.2) is 28.5 Å². The van der Waals surface area contributed by atoms with Crippen LogP contribution in [0.4, 0.5) is 5.13 Å². The molecule has 0 saturated heterocycles. The van der Waals surface area contributed by atoms with Gasteiger partial charge in [-0.05, 0) is 0 Å². The van der Waals surface area contributed by atoms with Gasteiger partial charge < -0.3 is 10.6 Å². The first-order valence-corrected chi connectivity index (χ1v) is 3.64. The molecule has 0 aliphatic heterocycles. The summed E-state index contributed by atoms with van der Waals surface area (Å²) in [6, 6.07) is 0. The number of aromatic nitrogens is 2. The van der Waals surface area contributed by atoms with E-state index < -0.39 is 0 Å². The molecule has 1 aromatic rings. The van der Waals surface area contributed by atoms with Crippen molar-refractivity contribution in [1.82, 2.24) is 9.36 Å². The number of nitrogen functional groups attached to an aromatic ring is 1. The molecule has 1 aromatic heterocycles. The molecule has 0 amide bonds. The molecule has 0 aliphatic rings. The molecule has 1 radical (unpaired) electrons. The lowest BCUT2D eigenvalue weighted by Gasteiger charge is -1.88. The summed E-state index contributed by atoms with van der Waals surface area (Å²) in [5, 5.41) is 3.61. The minimum Gasteiger partial charge on any atom is -0.398 e. The van der Waals surface area contributed by atoms with Gasteiger partial charge >= 0.3 is 0 Å². The molecule has 0 unspecified atom stereocenters. The number of anilines is 1. The van der Waals surface area contributed by atoms with E-state index in [4.69, 9.17) is 5.73 Å². The molecule has 0 fully saturated rings. The number of nitrogens with two attached hydrogens (primary N) is 1. The van der Waals surface area contributed by atoms with Gasteiger partial charge in [0.2, 0.25) is 5.82 Å². The Balaban J connectivity index is 2.94. The van der Waals surface area contributed by atoms with Crippen LogP contribution in [0.5, 0.6) is 0 Å². The van der Waals surface area contributed by atoms with E-state index in [9.17, 15) is 4.79 Å². The first-order valence-electron chi connectivity index (χ1n) is 2.86. The van der Waals surface area contributed by atoms with Crippen molar-refractivity contribution in [2.45, 2.75) is 0 Å². The molecule has 0 atom stereocenters. The number of carbonyl (C=O) groups excluding carboxylic acids is 1. The Morgan fingerprint density at radius 2 is 2.58 bits per heavy atom. The molecule has 1 heterocycles. The molecule has 2 N–H and O–H groups in total. The van der Waals surface area contributed by atoms with Gasteiger partial charge in [-0.2, -0.15) is 9.36 Å². The van der Waals surface area contributed by atoms with Gasteiger partial charge in [-0.1, -0.05) is 5.16 Å². The maximum Gasteiger partial charge on any atom is 0.261 e. The lowest BCUT2D eigenvalue weighted by atomic mass is 10.4. The van der Waals surface area contributed by atoms with Gasteiger partial charge in [0.05, 0.1) is 0 Å². The monoisotopic (exact) mass is 185 g/mol. The van der Waals surface area contributed by atoms with Crippen LogP contribution in [0, 0.1) is 0 Å². The fourth-order valence-electron chi connectivity index (χ4n) is 0.528. The second-order valence-electron chi connectivity index (χ2n) is 1.68. The van der Waals surface area contributed by atoms with Crippen molar-refractivity contribution in [3.05, 3.63) is 5.82 Å². The van der Waals surface area contributed by atoms with Gasteiger partial charge in [-0.25, -0.2) is 0 Å². The minimum atomic E-state index is -0.0922. The molecule has 63 valence electrons. The molecule has 7 heteroatoms. The van der Waals surface area contributed by atoms with Crippen LogP contribution in [0.25, 0.3) is 0 Å². The van der Waals surface area contributed by atoms with Crippen molar-refractivity contribution in [2.75, 3.05) is 12.8 Å². The Bertz CT molecular complexity index is 308. The van der Waals surface area contributed by atoms with Crippen LogP contribution >= 0.6 is 11.5 Å². The fraction of sp³-hybridized carbons (Fsp3) is 0.200. The van der Waals surface area contributed by atoms with E-state index in [0.29, 0.717) is 0 Å². The average Bonchev–Trinajstić information content (AvgIpc) is 2.47. The predicted octanol–water partition coefficient (Wildman–Crippen LogP) is -0.419. The molecular formula is C5H5N4O2S. The van der Waals surface area contributed by atoms with Crippen molar-refractivity contribution in [3.8, 4) is 0 Å². The summed E-state index contributed by atoms with van der Waals surface area (Å²) >= 11 is 0.975. The van der Waals surface area contributed by atoms with E-state index in [0.717, 1.165) is 11.5 Å². The second-order valence-corrected chi connectivity index (χ2v) is 2.46. The van der Waals surface area contributed by atoms with E-state index in [-0.39, 0.29) is 16.7 Å². The quantitative estimate of drug-likeness (QED) is 0.510. The van der Waals surface area contributed by atoms with Crippen molar-refractivity contribution < 1.29 is 9.63 Å². The summed E-state index contributed by atoms with van der Waals surface area (Å²) in [5.74, 6) is 0.134. The summed E-state index contributed by atoms with van der Waals surface area (Å²) in [6.07, 6.45) is 1.53. The third-order valence-corrected chi connectivity index (χ3v) is 1.48. The van der Waals surface area contributed by atoms with Crippen LogP contribution in [0.15, 0.2) is 5.16 Å². The zero-order chi connectivity index (χ0) is 8.97. The van der Waals surface area contributed by atoms with Crippen LogP contribution in [0.2, 0.25) is 0 Å². The third kappa shape index (κ3) is 1.76. The molecule has 1 rings (SSSR count). The number of nitrogens with zero attached hydrogens (tertiary/aromatic N) is 3. The zero-order valence-electron chi connectivity index (χ0n) is 6.14. The van der Waals surface area contributed by atoms with E-state index >= 15 is 0 Å². The second kappa shape index (κ2) is 3.77. The summed E-state index contributed by atoms with van der Waals surface area (Å²) in [6.45, 7) is 0. The van der Waals surface area contributed by atoms with Gasteiger partial charge in [0, 0.05) is 11.5 Å². The van der Waals surface area contributed by atoms with Gasteiger partial charge in [0.1, 0.15) is 7.11 Å². The van der Waals surface area contributed by atoms with Gasteiger partial charge in [0.15, 0.2) is 10.8 Å². The first kappa shape index (κ1) is 8.60. The number of hydrogen-bond acceptors (Lipinski definition) is 7. The van der Waals surface area contributed by atoms with E-state index in [1.807, 2.05) is 0 Å². The Morgan fingerprint density at radius 1 is 1.83 bits per heavy atom. The van der Waals surface area contributed by atoms with Crippen LogP contribution in [0.3, 0.4) is 0 Å². The molecule has 12 heavy (non-hydrogen) atoms. The number of hydrogen-bond donors (Lipinski definition) is 1. The molecule has 0 saturated carbocycles. The van der Waals surface area contributed by atoms with Crippen LogP contribution in [-0.2, 0) is 9.63 Å². The highest BCUT2D eigenvalue weighted by Crippen LogP contribution is 2.05. The number of rotatable bonds is 3. The number of oxime groups is 1. The normalized spacial score (nSPS) is 11.2. The summed E-state index contributed by atoms with van der Waals surface area (Å²) in [4.78, 5) is 18.3. The Hall–Kier alpha value is -1.50.